The molecular formula is C24H25N3O5. The Labute approximate surface area is 186 Å². The van der Waals surface area contributed by atoms with Crippen molar-refractivity contribution in [2.75, 3.05) is 50.2 Å². The van der Waals surface area contributed by atoms with Gasteiger partial charge in [-0.25, -0.2) is 0 Å². The number of allylic oxidation sites excluding steroid dienone is 1. The summed E-state index contributed by atoms with van der Waals surface area (Å²) in [7, 11) is 1.52. The first-order valence-corrected chi connectivity index (χ1v) is 10.4. The second-order valence-corrected chi connectivity index (χ2v) is 7.63. The van der Waals surface area contributed by atoms with E-state index in [-0.39, 0.29) is 29.8 Å². The van der Waals surface area contributed by atoms with Crippen LogP contribution < -0.4 is 15.0 Å². The van der Waals surface area contributed by atoms with Crippen molar-refractivity contribution in [3.05, 3.63) is 59.3 Å². The van der Waals surface area contributed by atoms with Gasteiger partial charge in [-0.1, -0.05) is 18.2 Å². The summed E-state index contributed by atoms with van der Waals surface area (Å²) in [5.74, 6) is -0.126. The second-order valence-electron chi connectivity index (χ2n) is 7.63. The highest BCUT2D eigenvalue weighted by Crippen LogP contribution is 2.36. The molecule has 2 aromatic carbocycles. The van der Waals surface area contributed by atoms with Crippen LogP contribution in [0.2, 0.25) is 0 Å². The van der Waals surface area contributed by atoms with Crippen LogP contribution in [-0.2, 0) is 14.3 Å². The van der Waals surface area contributed by atoms with Gasteiger partial charge in [-0.15, -0.1) is 0 Å². The van der Waals surface area contributed by atoms with E-state index in [1.807, 2.05) is 4.90 Å². The number of rotatable bonds is 5. The van der Waals surface area contributed by atoms with Crippen LogP contribution in [0.1, 0.15) is 22.8 Å². The summed E-state index contributed by atoms with van der Waals surface area (Å²) in [5, 5.41) is 2.88. The Morgan fingerprint density at radius 1 is 1.16 bits per heavy atom. The minimum Gasteiger partial charge on any atom is -0.495 e. The average Bonchev–Trinajstić information content (AvgIpc) is 3.07. The first kappa shape index (κ1) is 21.7. The zero-order valence-corrected chi connectivity index (χ0v) is 18.1. The number of benzene rings is 2. The molecule has 0 radical (unpaired) electrons. The van der Waals surface area contributed by atoms with E-state index in [0.717, 1.165) is 13.1 Å². The van der Waals surface area contributed by atoms with Crippen molar-refractivity contribution in [2.24, 2.45) is 0 Å². The van der Waals surface area contributed by atoms with Crippen molar-refractivity contribution < 1.29 is 23.9 Å². The smallest absolute Gasteiger partial charge is 0.238 e. The molecule has 0 bridgehead atoms. The van der Waals surface area contributed by atoms with Crippen molar-refractivity contribution in [1.82, 2.24) is 4.90 Å². The van der Waals surface area contributed by atoms with Crippen molar-refractivity contribution in [3.8, 4) is 5.75 Å². The van der Waals surface area contributed by atoms with Gasteiger partial charge < -0.3 is 14.8 Å². The Balaban J connectivity index is 1.56. The average molecular weight is 435 g/mol. The van der Waals surface area contributed by atoms with Gasteiger partial charge in [0.05, 0.1) is 43.9 Å². The molecule has 0 atom stereocenters. The van der Waals surface area contributed by atoms with E-state index in [1.165, 1.54) is 18.9 Å². The molecule has 2 aliphatic rings. The zero-order chi connectivity index (χ0) is 22.7. The maximum absolute atomic E-state index is 12.9. The number of Topliss-reactive ketones (excluding diaryl/α,β-unsaturated/α-hetero) is 1. The lowest BCUT2D eigenvalue weighted by atomic mass is 10.1. The van der Waals surface area contributed by atoms with Crippen molar-refractivity contribution in [3.63, 3.8) is 0 Å². The van der Waals surface area contributed by atoms with Gasteiger partial charge >= 0.3 is 0 Å². The van der Waals surface area contributed by atoms with Gasteiger partial charge in [0.25, 0.3) is 0 Å². The summed E-state index contributed by atoms with van der Waals surface area (Å²) < 4.78 is 10.8. The molecule has 8 nitrogen and oxygen atoms in total. The highest BCUT2D eigenvalue weighted by atomic mass is 16.5. The van der Waals surface area contributed by atoms with Crippen LogP contribution in [0.25, 0.3) is 6.08 Å². The predicted molar refractivity (Wildman–Crippen MR) is 121 cm³/mol. The number of nitrogens with zero attached hydrogens (tertiary/aromatic N) is 2. The number of ketones is 1. The van der Waals surface area contributed by atoms with Crippen LogP contribution in [0.5, 0.6) is 5.75 Å². The fourth-order valence-electron chi connectivity index (χ4n) is 3.91. The zero-order valence-electron chi connectivity index (χ0n) is 18.1. The third-order valence-electron chi connectivity index (χ3n) is 5.45. The molecule has 166 valence electrons. The Bertz CT molecular complexity index is 1090. The molecule has 2 heterocycles. The predicted octanol–water partition coefficient (Wildman–Crippen LogP) is 2.56. The van der Waals surface area contributed by atoms with Gasteiger partial charge in [-0.2, -0.15) is 0 Å². The molecular weight excluding hydrogens is 410 g/mol. The molecule has 2 aromatic rings. The van der Waals surface area contributed by atoms with Gasteiger partial charge in [0.15, 0.2) is 0 Å². The number of fused-ring (bicyclic) bond motifs is 1. The molecule has 1 N–H and O–H groups in total. The van der Waals surface area contributed by atoms with E-state index < -0.39 is 0 Å². The van der Waals surface area contributed by atoms with Gasteiger partial charge in [0.2, 0.25) is 17.6 Å². The van der Waals surface area contributed by atoms with Gasteiger partial charge in [-0.3, -0.25) is 24.2 Å². The van der Waals surface area contributed by atoms with E-state index >= 15 is 0 Å². The van der Waals surface area contributed by atoms with Gasteiger partial charge in [0, 0.05) is 25.6 Å². The lowest BCUT2D eigenvalue weighted by Gasteiger charge is -2.25. The fourth-order valence-corrected chi connectivity index (χ4v) is 3.91. The van der Waals surface area contributed by atoms with E-state index in [9.17, 15) is 14.4 Å². The lowest BCUT2D eigenvalue weighted by Crippen LogP contribution is -2.41. The molecule has 0 spiro atoms. The van der Waals surface area contributed by atoms with Crippen LogP contribution in [0.3, 0.4) is 0 Å². The maximum Gasteiger partial charge on any atom is 0.238 e. The SMILES string of the molecule is COc1cc(/C=C2/C(=O)c3ccccc3N2C(C)=O)ccc1NC(=O)CN1CCOCC1. The summed E-state index contributed by atoms with van der Waals surface area (Å²) in [5.41, 5.74) is 2.57. The standard InChI is InChI=1S/C24H25N3O5/c1-16(28)27-20-6-4-3-5-18(20)24(30)21(27)13-17-7-8-19(22(14-17)31-2)25-23(29)15-26-9-11-32-12-10-26/h3-8,13-14H,9-12,15H2,1-2H3,(H,25,29)/b21-13-. The van der Waals surface area contributed by atoms with E-state index in [4.69, 9.17) is 9.47 Å². The minimum atomic E-state index is -0.242. The third-order valence-corrected chi connectivity index (χ3v) is 5.45. The summed E-state index contributed by atoms with van der Waals surface area (Å²) in [6, 6.07) is 12.3. The number of carbonyl (C=O) groups is 3. The Morgan fingerprint density at radius 3 is 2.62 bits per heavy atom. The number of para-hydroxylation sites is 1. The highest BCUT2D eigenvalue weighted by molar-refractivity contribution is 6.26. The fraction of sp³-hybridized carbons (Fsp3) is 0.292. The molecule has 2 amide bonds. The van der Waals surface area contributed by atoms with E-state index in [0.29, 0.717) is 41.5 Å². The van der Waals surface area contributed by atoms with Crippen LogP contribution >= 0.6 is 0 Å². The molecule has 2 aliphatic heterocycles. The maximum atomic E-state index is 12.9. The number of anilines is 2. The number of nitrogens with one attached hydrogen (secondary N) is 1. The quantitative estimate of drug-likeness (QED) is 0.727. The molecule has 8 heteroatoms. The number of hydrogen-bond acceptors (Lipinski definition) is 6. The third kappa shape index (κ3) is 4.42. The molecule has 4 rings (SSSR count). The largest absolute Gasteiger partial charge is 0.495 e. The van der Waals surface area contributed by atoms with Crippen LogP contribution in [0.15, 0.2) is 48.2 Å². The second kappa shape index (κ2) is 9.33. The minimum absolute atomic E-state index is 0.138. The summed E-state index contributed by atoms with van der Waals surface area (Å²) in [6.45, 7) is 4.40. The Hall–Kier alpha value is -3.49. The van der Waals surface area contributed by atoms with E-state index in [1.54, 1.807) is 48.5 Å². The molecule has 0 saturated carbocycles. The number of hydrogen-bond donors (Lipinski definition) is 1. The highest BCUT2D eigenvalue weighted by Gasteiger charge is 2.34. The number of methoxy groups -OCH3 is 1. The summed E-state index contributed by atoms with van der Waals surface area (Å²) >= 11 is 0. The molecule has 1 fully saturated rings. The molecule has 0 unspecified atom stereocenters. The first-order valence-electron chi connectivity index (χ1n) is 10.4. The summed E-state index contributed by atoms with van der Waals surface area (Å²) in [6.07, 6.45) is 1.66. The normalized spacial score (nSPS) is 17.4. The van der Waals surface area contributed by atoms with Crippen LogP contribution in [0.4, 0.5) is 11.4 Å². The van der Waals surface area contributed by atoms with Crippen molar-refractivity contribution in [1.29, 1.82) is 0 Å². The first-order chi connectivity index (χ1) is 15.5. The Morgan fingerprint density at radius 2 is 1.91 bits per heavy atom. The van der Waals surface area contributed by atoms with Crippen molar-refractivity contribution in [2.45, 2.75) is 6.92 Å². The van der Waals surface area contributed by atoms with Gasteiger partial charge in [0.1, 0.15) is 5.75 Å². The van der Waals surface area contributed by atoms with Crippen LogP contribution in [0, 0.1) is 0 Å². The van der Waals surface area contributed by atoms with Crippen LogP contribution in [-0.4, -0.2) is 62.5 Å². The topological polar surface area (TPSA) is 88.2 Å². The molecule has 1 saturated heterocycles. The number of ether oxygens (including phenoxy) is 2. The lowest BCUT2D eigenvalue weighted by molar-refractivity contribution is -0.118. The number of morpholine rings is 1. The molecule has 32 heavy (non-hydrogen) atoms. The van der Waals surface area contributed by atoms with Gasteiger partial charge in [-0.05, 0) is 35.9 Å². The monoisotopic (exact) mass is 435 g/mol. The van der Waals surface area contributed by atoms with E-state index in [2.05, 4.69) is 5.32 Å². The van der Waals surface area contributed by atoms with Crippen molar-refractivity contribution >= 4 is 35.0 Å². The molecule has 0 aromatic heterocycles. The number of amides is 2. The number of carbonyl (C=O) groups excluding carboxylic acids is 3. The molecule has 0 aliphatic carbocycles. The summed E-state index contributed by atoms with van der Waals surface area (Å²) in [4.78, 5) is 41.1. The Kier molecular flexibility index (Phi) is 6.34.